The van der Waals surface area contributed by atoms with Gasteiger partial charge in [0.2, 0.25) is 12.7 Å². The Hall–Kier alpha value is -3.53. The van der Waals surface area contributed by atoms with Crippen LogP contribution in [0.2, 0.25) is 0 Å². The van der Waals surface area contributed by atoms with E-state index in [0.29, 0.717) is 18.0 Å². The summed E-state index contributed by atoms with van der Waals surface area (Å²) in [5, 5.41) is 1.91. The smallest absolute Gasteiger partial charge is 0.416 e. The van der Waals surface area contributed by atoms with Crippen molar-refractivity contribution in [2.75, 3.05) is 13.3 Å². The molecule has 0 saturated carbocycles. The third-order valence-electron chi connectivity index (χ3n) is 5.72. The number of fused-ring (bicyclic) bond motifs is 1. The Bertz CT molecular complexity index is 1230. The molecule has 36 heavy (non-hydrogen) atoms. The molecule has 3 aromatic rings. The van der Waals surface area contributed by atoms with Crippen molar-refractivity contribution >= 4 is 23.2 Å². The number of rotatable bonds is 8. The van der Waals surface area contributed by atoms with E-state index in [2.05, 4.69) is 0 Å². The molecule has 1 aliphatic heterocycles. The number of alkyl halides is 3. The van der Waals surface area contributed by atoms with Gasteiger partial charge in [-0.25, -0.2) is 0 Å². The lowest BCUT2D eigenvalue weighted by molar-refractivity contribution is -0.137. The summed E-state index contributed by atoms with van der Waals surface area (Å²) in [6.45, 7) is 3.90. The summed E-state index contributed by atoms with van der Waals surface area (Å²) >= 11 is 1.51. The summed E-state index contributed by atoms with van der Waals surface area (Å²) in [6, 6.07) is 13.1. The molecule has 0 aliphatic carbocycles. The minimum atomic E-state index is -4.57. The fourth-order valence-electron chi connectivity index (χ4n) is 3.81. The molecule has 4 rings (SSSR count). The van der Waals surface area contributed by atoms with Gasteiger partial charge in [0.15, 0.2) is 11.5 Å². The van der Waals surface area contributed by atoms with E-state index in [9.17, 15) is 22.8 Å². The number of nitrogens with zero attached hydrogens (tertiary/aromatic N) is 2. The number of amides is 2. The molecule has 0 N–H and O–H groups in total. The molecule has 0 radical (unpaired) electrons. The van der Waals surface area contributed by atoms with Gasteiger partial charge in [-0.2, -0.15) is 13.2 Å². The molecule has 190 valence electrons. The topological polar surface area (TPSA) is 59.1 Å². The molecule has 2 heterocycles. The second-order valence-corrected chi connectivity index (χ2v) is 9.65. The number of ether oxygens (including phenoxy) is 2. The first-order chi connectivity index (χ1) is 17.1. The van der Waals surface area contributed by atoms with E-state index >= 15 is 0 Å². The van der Waals surface area contributed by atoms with E-state index in [0.717, 1.165) is 22.6 Å². The maximum atomic E-state index is 13.5. The van der Waals surface area contributed by atoms with Crippen LogP contribution < -0.4 is 9.47 Å². The van der Waals surface area contributed by atoms with Crippen LogP contribution in [0.5, 0.6) is 11.5 Å². The Labute approximate surface area is 210 Å². The molecule has 0 bridgehead atoms. The molecule has 0 unspecified atom stereocenters. The lowest BCUT2D eigenvalue weighted by atomic mass is 10.1. The first kappa shape index (κ1) is 25.6. The number of benzene rings is 2. The third-order valence-corrected chi connectivity index (χ3v) is 6.58. The second-order valence-electron chi connectivity index (χ2n) is 8.62. The normalized spacial score (nSPS) is 12.6. The van der Waals surface area contributed by atoms with Crippen LogP contribution in [-0.4, -0.2) is 41.0 Å². The van der Waals surface area contributed by atoms with Crippen molar-refractivity contribution in [3.05, 3.63) is 81.5 Å². The van der Waals surface area contributed by atoms with Crippen LogP contribution in [0.25, 0.3) is 0 Å². The fourth-order valence-corrected chi connectivity index (χ4v) is 4.53. The Morgan fingerprint density at radius 1 is 1.00 bits per heavy atom. The van der Waals surface area contributed by atoms with Gasteiger partial charge in [0.05, 0.1) is 12.1 Å². The number of carbonyl (C=O) groups is 2. The highest BCUT2D eigenvalue weighted by atomic mass is 32.1. The molecular formula is C26H25F3N2O4S. The molecular weight excluding hydrogens is 493 g/mol. The molecule has 0 fully saturated rings. The van der Waals surface area contributed by atoms with Gasteiger partial charge in [-0.05, 0) is 61.2 Å². The molecule has 10 heteroatoms. The van der Waals surface area contributed by atoms with Gasteiger partial charge >= 0.3 is 6.18 Å². The number of halogens is 3. The maximum absolute atomic E-state index is 13.5. The molecule has 2 amide bonds. The number of hydrogen-bond acceptors (Lipinski definition) is 5. The zero-order chi connectivity index (χ0) is 25.9. The van der Waals surface area contributed by atoms with Crippen molar-refractivity contribution in [1.29, 1.82) is 0 Å². The molecule has 1 aromatic heterocycles. The van der Waals surface area contributed by atoms with Gasteiger partial charge in [0, 0.05) is 23.0 Å². The van der Waals surface area contributed by atoms with Gasteiger partial charge in [-0.3, -0.25) is 9.59 Å². The second kappa shape index (κ2) is 10.6. The van der Waals surface area contributed by atoms with Crippen molar-refractivity contribution in [1.82, 2.24) is 9.80 Å². The molecule has 6 nitrogen and oxygen atoms in total. The average Bonchev–Trinajstić information content (AvgIpc) is 3.52. The maximum Gasteiger partial charge on any atom is 0.416 e. The number of carbonyl (C=O) groups excluding carboxylic acids is 2. The van der Waals surface area contributed by atoms with Crippen molar-refractivity contribution in [2.45, 2.75) is 39.2 Å². The van der Waals surface area contributed by atoms with E-state index < -0.39 is 23.7 Å². The molecule has 2 aromatic carbocycles. The highest BCUT2D eigenvalue weighted by molar-refractivity contribution is 7.09. The van der Waals surface area contributed by atoms with Crippen LogP contribution in [0.4, 0.5) is 13.2 Å². The first-order valence-electron chi connectivity index (χ1n) is 11.3. The predicted octanol–water partition coefficient (Wildman–Crippen LogP) is 5.58. The summed E-state index contributed by atoms with van der Waals surface area (Å²) < 4.78 is 50.3. The summed E-state index contributed by atoms with van der Waals surface area (Å²) in [4.78, 5) is 30.5. The van der Waals surface area contributed by atoms with Crippen LogP contribution in [-0.2, 0) is 24.1 Å². The van der Waals surface area contributed by atoms with E-state index in [1.54, 1.807) is 24.8 Å². The average molecular weight is 519 g/mol. The van der Waals surface area contributed by atoms with Crippen LogP contribution in [0.1, 0.15) is 40.2 Å². The number of thiophene rings is 1. The lowest BCUT2D eigenvalue weighted by Gasteiger charge is -2.30. The van der Waals surface area contributed by atoms with Crippen LogP contribution in [0, 0.1) is 0 Å². The fraction of sp³-hybridized carbons (Fsp3) is 0.308. The highest BCUT2D eigenvalue weighted by Gasteiger charge is 2.32. The van der Waals surface area contributed by atoms with Crippen LogP contribution in [0.15, 0.2) is 60.0 Å². The van der Waals surface area contributed by atoms with Gasteiger partial charge in [-0.15, -0.1) is 11.3 Å². The predicted molar refractivity (Wildman–Crippen MR) is 129 cm³/mol. The van der Waals surface area contributed by atoms with Gasteiger partial charge in [0.25, 0.3) is 5.91 Å². The lowest BCUT2D eigenvalue weighted by Crippen LogP contribution is -2.45. The highest BCUT2D eigenvalue weighted by Crippen LogP contribution is 2.33. The van der Waals surface area contributed by atoms with E-state index in [1.807, 2.05) is 29.6 Å². The van der Waals surface area contributed by atoms with E-state index in [1.165, 1.54) is 28.4 Å². The summed E-state index contributed by atoms with van der Waals surface area (Å²) in [5.74, 6) is 0.269. The SMILES string of the molecule is CC(C)N(CC(=O)N(Cc1ccc2c(c1)OCO2)Cc1cccs1)C(=O)c1cccc(C(F)(F)F)c1. The summed E-state index contributed by atoms with van der Waals surface area (Å²) in [7, 11) is 0. The molecule has 0 atom stereocenters. The Kier molecular flexibility index (Phi) is 7.53. The number of hydrogen-bond donors (Lipinski definition) is 0. The zero-order valence-electron chi connectivity index (χ0n) is 19.7. The Morgan fingerprint density at radius 2 is 1.78 bits per heavy atom. The zero-order valence-corrected chi connectivity index (χ0v) is 20.6. The van der Waals surface area contributed by atoms with Gasteiger partial charge in [0.1, 0.15) is 6.54 Å². The standard InChI is InChI=1S/C26H25F3N2O4S/c1-17(2)31(25(33)19-5-3-6-20(12-19)26(27,28)29)15-24(32)30(14-21-7-4-10-36-21)13-18-8-9-22-23(11-18)35-16-34-22/h3-12,17H,13-16H2,1-2H3. The van der Waals surface area contributed by atoms with E-state index in [4.69, 9.17) is 9.47 Å². The van der Waals surface area contributed by atoms with Crippen molar-refractivity contribution < 1.29 is 32.2 Å². The van der Waals surface area contributed by atoms with E-state index in [-0.39, 0.29) is 31.4 Å². The Balaban J connectivity index is 1.55. The minimum absolute atomic E-state index is 0.119. The first-order valence-corrected chi connectivity index (χ1v) is 12.2. The van der Waals surface area contributed by atoms with Crippen molar-refractivity contribution in [2.24, 2.45) is 0 Å². The summed E-state index contributed by atoms with van der Waals surface area (Å²) in [6.07, 6.45) is -4.57. The third kappa shape index (κ3) is 5.99. The minimum Gasteiger partial charge on any atom is -0.454 e. The van der Waals surface area contributed by atoms with Gasteiger partial charge in [-0.1, -0.05) is 18.2 Å². The van der Waals surface area contributed by atoms with Crippen LogP contribution in [0.3, 0.4) is 0 Å². The van der Waals surface area contributed by atoms with Crippen LogP contribution >= 0.6 is 11.3 Å². The largest absolute Gasteiger partial charge is 0.454 e. The molecule has 0 spiro atoms. The van der Waals surface area contributed by atoms with Crippen molar-refractivity contribution in [3.8, 4) is 11.5 Å². The Morgan fingerprint density at radius 3 is 2.47 bits per heavy atom. The monoisotopic (exact) mass is 518 g/mol. The van der Waals surface area contributed by atoms with Gasteiger partial charge < -0.3 is 19.3 Å². The summed E-state index contributed by atoms with van der Waals surface area (Å²) in [5.41, 5.74) is -0.207. The molecule has 1 aliphatic rings. The molecule has 0 saturated heterocycles. The van der Waals surface area contributed by atoms with Crippen molar-refractivity contribution in [3.63, 3.8) is 0 Å². The quantitative estimate of drug-likeness (QED) is 0.391.